The summed E-state index contributed by atoms with van der Waals surface area (Å²) in [5.74, 6) is 1.60. The number of aryl methyl sites for hydroxylation is 1. The van der Waals surface area contributed by atoms with Crippen molar-refractivity contribution in [3.05, 3.63) is 35.4 Å². The SMILES string of the molecule is CCNc1nc(CC)nc(-c2ccc(OC)cc2F)c1C. The first kappa shape index (κ1) is 15.2. The molecule has 0 unspecified atom stereocenters. The van der Waals surface area contributed by atoms with Crippen LogP contribution in [0.3, 0.4) is 0 Å². The first-order valence-corrected chi connectivity index (χ1v) is 7.06. The molecule has 0 saturated carbocycles. The number of nitrogens with zero attached hydrogens (tertiary/aromatic N) is 2. The number of rotatable bonds is 5. The molecule has 112 valence electrons. The minimum atomic E-state index is -0.347. The van der Waals surface area contributed by atoms with Crippen LogP contribution >= 0.6 is 0 Å². The fourth-order valence-corrected chi connectivity index (χ4v) is 2.14. The van der Waals surface area contributed by atoms with Crippen LogP contribution in [-0.4, -0.2) is 23.6 Å². The highest BCUT2D eigenvalue weighted by Gasteiger charge is 2.15. The average Bonchev–Trinajstić information content (AvgIpc) is 2.49. The molecule has 0 amide bonds. The molecule has 0 atom stereocenters. The summed E-state index contributed by atoms with van der Waals surface area (Å²) in [5.41, 5.74) is 1.93. The normalized spacial score (nSPS) is 10.5. The van der Waals surface area contributed by atoms with Crippen molar-refractivity contribution in [2.24, 2.45) is 0 Å². The first-order valence-electron chi connectivity index (χ1n) is 7.06. The van der Waals surface area contributed by atoms with E-state index in [0.717, 1.165) is 17.9 Å². The van der Waals surface area contributed by atoms with Crippen molar-refractivity contribution < 1.29 is 9.13 Å². The van der Waals surface area contributed by atoms with Crippen LogP contribution in [0.4, 0.5) is 10.2 Å². The van der Waals surface area contributed by atoms with Gasteiger partial charge in [-0.25, -0.2) is 14.4 Å². The van der Waals surface area contributed by atoms with E-state index < -0.39 is 0 Å². The number of anilines is 1. The zero-order chi connectivity index (χ0) is 15.4. The van der Waals surface area contributed by atoms with E-state index >= 15 is 0 Å². The predicted octanol–water partition coefficient (Wildman–Crippen LogP) is 3.59. The summed E-state index contributed by atoms with van der Waals surface area (Å²) < 4.78 is 19.3. The topological polar surface area (TPSA) is 47.0 Å². The number of halogens is 1. The van der Waals surface area contributed by atoms with Crippen molar-refractivity contribution in [1.29, 1.82) is 0 Å². The zero-order valence-electron chi connectivity index (χ0n) is 12.8. The van der Waals surface area contributed by atoms with E-state index in [1.165, 1.54) is 13.2 Å². The fourth-order valence-electron chi connectivity index (χ4n) is 2.14. The van der Waals surface area contributed by atoms with Crippen molar-refractivity contribution in [2.75, 3.05) is 19.0 Å². The standard InChI is InChI=1S/C16H20FN3O/c1-5-14-19-15(10(3)16(20-14)18-6-2)12-8-7-11(21-4)9-13(12)17/h7-9H,5-6H2,1-4H3,(H,18,19,20). The number of methoxy groups -OCH3 is 1. The Balaban J connectivity index is 2.59. The highest BCUT2D eigenvalue weighted by molar-refractivity contribution is 5.69. The molecular weight excluding hydrogens is 269 g/mol. The first-order chi connectivity index (χ1) is 10.1. The molecule has 0 saturated heterocycles. The van der Waals surface area contributed by atoms with E-state index in [1.54, 1.807) is 12.1 Å². The number of nitrogens with one attached hydrogen (secondary N) is 1. The molecule has 0 fully saturated rings. The van der Waals surface area contributed by atoms with Gasteiger partial charge >= 0.3 is 0 Å². The summed E-state index contributed by atoms with van der Waals surface area (Å²) in [7, 11) is 1.52. The number of ether oxygens (including phenoxy) is 1. The van der Waals surface area contributed by atoms with Crippen molar-refractivity contribution in [1.82, 2.24) is 9.97 Å². The Morgan fingerprint density at radius 1 is 1.24 bits per heavy atom. The maximum absolute atomic E-state index is 14.3. The van der Waals surface area contributed by atoms with E-state index in [-0.39, 0.29) is 5.82 Å². The van der Waals surface area contributed by atoms with Crippen molar-refractivity contribution in [3.63, 3.8) is 0 Å². The van der Waals surface area contributed by atoms with Gasteiger partial charge in [-0.15, -0.1) is 0 Å². The maximum atomic E-state index is 14.3. The average molecular weight is 289 g/mol. The smallest absolute Gasteiger partial charge is 0.136 e. The van der Waals surface area contributed by atoms with Crippen LogP contribution in [0.2, 0.25) is 0 Å². The molecule has 5 heteroatoms. The molecule has 2 aromatic rings. The van der Waals surface area contributed by atoms with Gasteiger partial charge in [-0.2, -0.15) is 0 Å². The highest BCUT2D eigenvalue weighted by Crippen LogP contribution is 2.30. The molecule has 1 aromatic carbocycles. The van der Waals surface area contributed by atoms with Crippen molar-refractivity contribution in [3.8, 4) is 17.0 Å². The molecule has 1 aromatic heterocycles. The van der Waals surface area contributed by atoms with Crippen molar-refractivity contribution >= 4 is 5.82 Å². The molecule has 2 rings (SSSR count). The van der Waals surface area contributed by atoms with Crippen LogP contribution in [0.5, 0.6) is 5.75 Å². The van der Waals surface area contributed by atoms with E-state index in [9.17, 15) is 4.39 Å². The molecule has 0 radical (unpaired) electrons. The van der Waals surface area contributed by atoms with Gasteiger partial charge in [-0.05, 0) is 26.0 Å². The van der Waals surface area contributed by atoms with Gasteiger partial charge in [-0.3, -0.25) is 0 Å². The molecule has 1 heterocycles. The molecule has 0 aliphatic rings. The lowest BCUT2D eigenvalue weighted by molar-refractivity contribution is 0.411. The van der Waals surface area contributed by atoms with Crippen molar-refractivity contribution in [2.45, 2.75) is 27.2 Å². The Morgan fingerprint density at radius 3 is 2.57 bits per heavy atom. The molecule has 0 bridgehead atoms. The number of hydrogen-bond donors (Lipinski definition) is 1. The molecular formula is C16H20FN3O. The Labute approximate surface area is 124 Å². The monoisotopic (exact) mass is 289 g/mol. The van der Waals surface area contributed by atoms with Crippen LogP contribution in [0.1, 0.15) is 25.2 Å². The Kier molecular flexibility index (Phi) is 4.73. The molecule has 0 spiro atoms. The summed E-state index contributed by atoms with van der Waals surface area (Å²) in [6.07, 6.45) is 0.698. The summed E-state index contributed by atoms with van der Waals surface area (Å²) in [6, 6.07) is 4.80. The van der Waals surface area contributed by atoms with Gasteiger partial charge in [0.25, 0.3) is 0 Å². The van der Waals surface area contributed by atoms with Gasteiger partial charge < -0.3 is 10.1 Å². The quantitative estimate of drug-likeness (QED) is 0.913. The minimum absolute atomic E-state index is 0.347. The maximum Gasteiger partial charge on any atom is 0.136 e. The minimum Gasteiger partial charge on any atom is -0.497 e. The molecule has 0 aliphatic carbocycles. The van der Waals surface area contributed by atoms with Gasteiger partial charge in [0.15, 0.2) is 0 Å². The number of aromatic nitrogens is 2. The van der Waals surface area contributed by atoms with E-state index in [2.05, 4.69) is 15.3 Å². The summed E-state index contributed by atoms with van der Waals surface area (Å²) in [6.45, 7) is 6.64. The predicted molar refractivity (Wildman–Crippen MR) is 82.3 cm³/mol. The van der Waals surface area contributed by atoms with Crippen LogP contribution in [0.15, 0.2) is 18.2 Å². The second kappa shape index (κ2) is 6.52. The lowest BCUT2D eigenvalue weighted by atomic mass is 10.1. The second-order valence-electron chi connectivity index (χ2n) is 4.69. The Morgan fingerprint density at radius 2 is 2.00 bits per heavy atom. The Bertz CT molecular complexity index is 644. The van der Waals surface area contributed by atoms with Gasteiger partial charge in [0.1, 0.15) is 23.2 Å². The fraction of sp³-hybridized carbons (Fsp3) is 0.375. The largest absolute Gasteiger partial charge is 0.497 e. The van der Waals surface area contributed by atoms with Gasteiger partial charge in [-0.1, -0.05) is 6.92 Å². The number of hydrogen-bond acceptors (Lipinski definition) is 4. The van der Waals surface area contributed by atoms with Gasteiger partial charge in [0.2, 0.25) is 0 Å². The van der Waals surface area contributed by atoms with Crippen LogP contribution in [0.25, 0.3) is 11.3 Å². The third-order valence-corrected chi connectivity index (χ3v) is 3.28. The third-order valence-electron chi connectivity index (χ3n) is 3.28. The molecule has 0 aliphatic heterocycles. The lowest BCUT2D eigenvalue weighted by Gasteiger charge is -2.14. The van der Waals surface area contributed by atoms with E-state index in [0.29, 0.717) is 29.3 Å². The second-order valence-corrected chi connectivity index (χ2v) is 4.69. The lowest BCUT2D eigenvalue weighted by Crippen LogP contribution is -2.08. The summed E-state index contributed by atoms with van der Waals surface area (Å²) >= 11 is 0. The third kappa shape index (κ3) is 3.12. The Hall–Kier alpha value is -2.17. The molecule has 4 nitrogen and oxygen atoms in total. The molecule has 1 N–H and O–H groups in total. The van der Waals surface area contributed by atoms with Gasteiger partial charge in [0, 0.05) is 30.2 Å². The summed E-state index contributed by atoms with van der Waals surface area (Å²) in [5, 5.41) is 3.20. The highest BCUT2D eigenvalue weighted by atomic mass is 19.1. The van der Waals surface area contributed by atoms with E-state index in [1.807, 2.05) is 20.8 Å². The van der Waals surface area contributed by atoms with Crippen LogP contribution in [0, 0.1) is 12.7 Å². The zero-order valence-corrected chi connectivity index (χ0v) is 12.8. The van der Waals surface area contributed by atoms with Crippen LogP contribution in [-0.2, 0) is 6.42 Å². The molecule has 21 heavy (non-hydrogen) atoms. The van der Waals surface area contributed by atoms with Crippen LogP contribution < -0.4 is 10.1 Å². The van der Waals surface area contributed by atoms with Gasteiger partial charge in [0.05, 0.1) is 12.8 Å². The number of benzene rings is 1. The summed E-state index contributed by atoms with van der Waals surface area (Å²) in [4.78, 5) is 8.95. The van der Waals surface area contributed by atoms with E-state index in [4.69, 9.17) is 4.74 Å².